The summed E-state index contributed by atoms with van der Waals surface area (Å²) in [6.45, 7) is 1.30. The molecule has 0 spiro atoms. The highest BCUT2D eigenvalue weighted by atomic mass is 16.5. The van der Waals surface area contributed by atoms with Gasteiger partial charge < -0.3 is 14.6 Å². The number of rotatable bonds is 4. The van der Waals surface area contributed by atoms with Gasteiger partial charge in [0.25, 0.3) is 0 Å². The molecule has 1 aromatic carbocycles. The predicted molar refractivity (Wildman–Crippen MR) is 76.5 cm³/mol. The van der Waals surface area contributed by atoms with Crippen molar-refractivity contribution in [2.75, 3.05) is 0 Å². The highest BCUT2D eigenvalue weighted by Gasteiger charge is 2.28. The Morgan fingerprint density at radius 1 is 1.05 bits per heavy atom. The van der Waals surface area contributed by atoms with Crippen molar-refractivity contribution in [1.29, 1.82) is 0 Å². The first-order chi connectivity index (χ1) is 10.5. The molecule has 22 heavy (non-hydrogen) atoms. The molecule has 1 fully saturated rings. The molecule has 0 amide bonds. The SMILES string of the molecule is CC(=O)Oc1ccc(C(=O)OC2CCC(C(=O)O)CC2)cc1. The van der Waals surface area contributed by atoms with Crippen LogP contribution in [0.15, 0.2) is 24.3 Å². The topological polar surface area (TPSA) is 89.9 Å². The highest BCUT2D eigenvalue weighted by Crippen LogP contribution is 2.27. The summed E-state index contributed by atoms with van der Waals surface area (Å²) >= 11 is 0. The fourth-order valence-corrected chi connectivity index (χ4v) is 2.47. The molecule has 0 unspecified atom stereocenters. The Morgan fingerprint density at radius 2 is 1.64 bits per heavy atom. The Morgan fingerprint density at radius 3 is 2.14 bits per heavy atom. The van der Waals surface area contributed by atoms with Crippen molar-refractivity contribution in [3.05, 3.63) is 29.8 Å². The highest BCUT2D eigenvalue weighted by molar-refractivity contribution is 5.89. The summed E-state index contributed by atoms with van der Waals surface area (Å²) in [6.07, 6.45) is 1.94. The summed E-state index contributed by atoms with van der Waals surface area (Å²) in [4.78, 5) is 33.7. The Kier molecular flexibility index (Phi) is 5.14. The summed E-state index contributed by atoms with van der Waals surface area (Å²) in [6, 6.07) is 6.12. The lowest BCUT2D eigenvalue weighted by Crippen LogP contribution is -2.27. The second-order valence-electron chi connectivity index (χ2n) is 5.34. The van der Waals surface area contributed by atoms with Crippen LogP contribution < -0.4 is 4.74 Å². The Labute approximate surface area is 128 Å². The van der Waals surface area contributed by atoms with Crippen LogP contribution in [0.2, 0.25) is 0 Å². The molecule has 0 heterocycles. The maximum atomic E-state index is 12.0. The van der Waals surface area contributed by atoms with Crippen molar-refractivity contribution in [3.63, 3.8) is 0 Å². The molecule has 0 bridgehead atoms. The Bertz CT molecular complexity index is 555. The fraction of sp³-hybridized carbons (Fsp3) is 0.438. The second kappa shape index (κ2) is 7.06. The van der Waals surface area contributed by atoms with Gasteiger partial charge in [-0.1, -0.05) is 0 Å². The average Bonchev–Trinajstić information content (AvgIpc) is 2.48. The molecule has 118 valence electrons. The second-order valence-corrected chi connectivity index (χ2v) is 5.34. The van der Waals surface area contributed by atoms with Crippen LogP contribution in [0, 0.1) is 5.92 Å². The fourth-order valence-electron chi connectivity index (χ4n) is 2.47. The van der Waals surface area contributed by atoms with Gasteiger partial charge in [-0.3, -0.25) is 9.59 Å². The van der Waals surface area contributed by atoms with Gasteiger partial charge in [0.1, 0.15) is 11.9 Å². The zero-order valence-electron chi connectivity index (χ0n) is 12.3. The quantitative estimate of drug-likeness (QED) is 0.678. The third-order valence-corrected chi connectivity index (χ3v) is 3.65. The van der Waals surface area contributed by atoms with Gasteiger partial charge in [0.2, 0.25) is 0 Å². The third-order valence-electron chi connectivity index (χ3n) is 3.65. The number of carboxylic acid groups (broad SMARTS) is 1. The number of hydrogen-bond acceptors (Lipinski definition) is 5. The molecule has 1 aliphatic carbocycles. The van der Waals surface area contributed by atoms with E-state index in [1.807, 2.05) is 0 Å². The van der Waals surface area contributed by atoms with E-state index >= 15 is 0 Å². The van der Waals surface area contributed by atoms with Crippen LogP contribution in [0.3, 0.4) is 0 Å². The van der Waals surface area contributed by atoms with Crippen LogP contribution in [0.1, 0.15) is 43.0 Å². The number of benzene rings is 1. The van der Waals surface area contributed by atoms with E-state index in [1.54, 1.807) is 0 Å². The molecule has 0 aliphatic heterocycles. The zero-order valence-corrected chi connectivity index (χ0v) is 12.3. The van der Waals surface area contributed by atoms with Crippen molar-refractivity contribution in [1.82, 2.24) is 0 Å². The van der Waals surface area contributed by atoms with E-state index in [4.69, 9.17) is 14.6 Å². The largest absolute Gasteiger partial charge is 0.481 e. The Hall–Kier alpha value is -2.37. The third kappa shape index (κ3) is 4.31. The van der Waals surface area contributed by atoms with E-state index < -0.39 is 17.9 Å². The van der Waals surface area contributed by atoms with Crippen molar-refractivity contribution in [2.45, 2.75) is 38.7 Å². The van der Waals surface area contributed by atoms with Crippen LogP contribution in [-0.2, 0) is 14.3 Å². The molecule has 6 nitrogen and oxygen atoms in total. The average molecular weight is 306 g/mol. The lowest BCUT2D eigenvalue weighted by Gasteiger charge is -2.25. The minimum Gasteiger partial charge on any atom is -0.481 e. The smallest absolute Gasteiger partial charge is 0.338 e. The molecule has 0 aromatic heterocycles. The molecule has 0 radical (unpaired) electrons. The van der Waals surface area contributed by atoms with Crippen molar-refractivity contribution < 1.29 is 29.0 Å². The van der Waals surface area contributed by atoms with Crippen LogP contribution in [0.4, 0.5) is 0 Å². The molecule has 1 aliphatic rings. The molecular formula is C16H18O6. The summed E-state index contributed by atoms with van der Waals surface area (Å²) < 4.78 is 10.3. The number of esters is 2. The first-order valence-electron chi connectivity index (χ1n) is 7.18. The molecule has 0 saturated heterocycles. The molecular weight excluding hydrogens is 288 g/mol. The summed E-state index contributed by atoms with van der Waals surface area (Å²) in [5.74, 6) is -1.63. The van der Waals surface area contributed by atoms with E-state index in [9.17, 15) is 14.4 Å². The predicted octanol–water partition coefficient (Wildman–Crippen LogP) is 2.41. The minimum atomic E-state index is -0.786. The van der Waals surface area contributed by atoms with E-state index in [-0.39, 0.29) is 12.0 Å². The summed E-state index contributed by atoms with van der Waals surface area (Å²) in [5.41, 5.74) is 0.372. The van der Waals surface area contributed by atoms with Gasteiger partial charge in [-0.25, -0.2) is 4.79 Å². The van der Waals surface area contributed by atoms with Gasteiger partial charge in [-0.15, -0.1) is 0 Å². The van der Waals surface area contributed by atoms with E-state index in [0.717, 1.165) is 0 Å². The number of carbonyl (C=O) groups excluding carboxylic acids is 2. The first-order valence-corrected chi connectivity index (χ1v) is 7.18. The normalized spacial score (nSPS) is 21.0. The molecule has 0 atom stereocenters. The number of hydrogen-bond donors (Lipinski definition) is 1. The van der Waals surface area contributed by atoms with E-state index in [0.29, 0.717) is 37.0 Å². The number of ether oxygens (including phenoxy) is 2. The number of aliphatic carboxylic acids is 1. The van der Waals surface area contributed by atoms with Gasteiger partial charge in [0.15, 0.2) is 0 Å². The maximum Gasteiger partial charge on any atom is 0.338 e. The van der Waals surface area contributed by atoms with Crippen LogP contribution in [0.25, 0.3) is 0 Å². The lowest BCUT2D eigenvalue weighted by atomic mass is 9.87. The Balaban J connectivity index is 1.87. The number of carboxylic acids is 1. The molecule has 1 N–H and O–H groups in total. The molecule has 1 aromatic rings. The van der Waals surface area contributed by atoms with E-state index in [1.165, 1.54) is 31.2 Å². The monoisotopic (exact) mass is 306 g/mol. The van der Waals surface area contributed by atoms with Crippen molar-refractivity contribution in [2.24, 2.45) is 5.92 Å². The van der Waals surface area contributed by atoms with Crippen molar-refractivity contribution >= 4 is 17.9 Å². The van der Waals surface area contributed by atoms with Crippen LogP contribution >= 0.6 is 0 Å². The van der Waals surface area contributed by atoms with Gasteiger partial charge in [-0.2, -0.15) is 0 Å². The molecule has 2 rings (SSSR count). The summed E-state index contributed by atoms with van der Waals surface area (Å²) in [7, 11) is 0. The maximum absolute atomic E-state index is 12.0. The molecule has 6 heteroatoms. The van der Waals surface area contributed by atoms with Crippen LogP contribution in [0.5, 0.6) is 5.75 Å². The molecule has 1 saturated carbocycles. The standard InChI is InChI=1S/C16H18O6/c1-10(17)21-13-8-4-12(5-9-13)16(20)22-14-6-2-11(3-7-14)15(18)19/h4-5,8-9,11,14H,2-3,6-7H2,1H3,(H,18,19). The zero-order chi connectivity index (χ0) is 16.1. The number of carbonyl (C=O) groups is 3. The van der Waals surface area contributed by atoms with Gasteiger partial charge in [0.05, 0.1) is 11.5 Å². The minimum absolute atomic E-state index is 0.240. The van der Waals surface area contributed by atoms with Gasteiger partial charge >= 0.3 is 17.9 Å². The van der Waals surface area contributed by atoms with Gasteiger partial charge in [0, 0.05) is 6.92 Å². The van der Waals surface area contributed by atoms with Gasteiger partial charge in [-0.05, 0) is 49.9 Å². The summed E-state index contributed by atoms with van der Waals surface area (Å²) in [5, 5.41) is 8.93. The van der Waals surface area contributed by atoms with Crippen LogP contribution in [-0.4, -0.2) is 29.1 Å². The van der Waals surface area contributed by atoms with Crippen molar-refractivity contribution in [3.8, 4) is 5.75 Å². The first kappa shape index (κ1) is 16.0. The van der Waals surface area contributed by atoms with E-state index in [2.05, 4.69) is 0 Å². The lowest BCUT2D eigenvalue weighted by molar-refractivity contribution is -0.143.